The molecule has 3 fully saturated rings. The minimum atomic E-state index is -0.139. The molecule has 0 heterocycles. The van der Waals surface area contributed by atoms with Gasteiger partial charge in [0.15, 0.2) is 11.6 Å². The number of hydrogen-bond donors (Lipinski definition) is 1. The topological polar surface area (TPSA) is 64.6 Å². The second-order valence-corrected chi connectivity index (χ2v) is 23.9. The van der Waals surface area contributed by atoms with Crippen molar-refractivity contribution in [3.8, 4) is 22.6 Å². The summed E-state index contributed by atoms with van der Waals surface area (Å²) in [6.07, 6.45) is 27.4. The number of ether oxygens (including phenoxy) is 2. The number of unbranched alkanes of at least 4 members (excludes halogenated alkanes) is 4. The fourth-order valence-electron chi connectivity index (χ4n) is 13.2. The highest BCUT2D eigenvalue weighted by atomic mass is 32.2. The minimum Gasteiger partial charge on any atom is -0.493 e. The van der Waals surface area contributed by atoms with E-state index >= 15 is 0 Å². The highest BCUT2D eigenvalue weighted by Gasteiger charge is 2.35. The predicted octanol–water partition coefficient (Wildman–Crippen LogP) is 18.6. The third kappa shape index (κ3) is 12.4. The lowest BCUT2D eigenvalue weighted by Crippen LogP contribution is -2.27. The summed E-state index contributed by atoms with van der Waals surface area (Å²) in [4.78, 5) is 30.7. The van der Waals surface area contributed by atoms with Crippen LogP contribution >= 0.6 is 11.8 Å². The number of carbonyl (C=O) groups is 2. The SMILES string of the molecule is CCCCCC1CCC(COc2c(C)cc(Nc3ccc(Sc4ccc(-c5cc(C)c(OCC6CCC(C7CCC(CCCCC)CC7)CC6)c(C)c5)cc4)c4c3C(=O)c3ccccc3C4=O)cc2C)CC1. The lowest BCUT2D eigenvalue weighted by Gasteiger charge is -2.38. The highest BCUT2D eigenvalue weighted by molar-refractivity contribution is 7.99. The van der Waals surface area contributed by atoms with Gasteiger partial charge in [-0.25, -0.2) is 0 Å². The van der Waals surface area contributed by atoms with Crippen LogP contribution in [0.15, 0.2) is 94.7 Å². The van der Waals surface area contributed by atoms with Gasteiger partial charge in [-0.1, -0.05) is 139 Å². The molecular weight excluding hydrogens is 903 g/mol. The van der Waals surface area contributed by atoms with E-state index in [0.717, 1.165) is 80.6 Å². The molecule has 0 spiro atoms. The summed E-state index contributed by atoms with van der Waals surface area (Å²) in [6, 6.07) is 28.5. The summed E-state index contributed by atoms with van der Waals surface area (Å²) >= 11 is 1.53. The molecule has 3 saturated carbocycles. The molecule has 0 unspecified atom stereocenters. The first kappa shape index (κ1) is 52.1. The zero-order valence-corrected chi connectivity index (χ0v) is 45.5. The van der Waals surface area contributed by atoms with Gasteiger partial charge in [0.25, 0.3) is 0 Å². The Kier molecular flexibility index (Phi) is 17.7. The first-order valence-corrected chi connectivity index (χ1v) is 29.3. The normalized spacial score (nSPS) is 22.0. The van der Waals surface area contributed by atoms with Crippen LogP contribution in [0.1, 0.15) is 196 Å². The minimum absolute atomic E-state index is 0.124. The van der Waals surface area contributed by atoms with Gasteiger partial charge in [-0.2, -0.15) is 0 Å². The third-order valence-electron chi connectivity index (χ3n) is 17.4. The lowest BCUT2D eigenvalue weighted by atomic mass is 9.69. The molecule has 0 bridgehead atoms. The van der Waals surface area contributed by atoms with Gasteiger partial charge in [-0.3, -0.25) is 9.59 Å². The Morgan fingerprint density at radius 2 is 0.958 bits per heavy atom. The molecule has 9 rings (SSSR count). The number of carbonyl (C=O) groups excluding carboxylic acids is 2. The summed E-state index contributed by atoms with van der Waals surface area (Å²) in [5.74, 6) is 6.73. The number of hydrogen-bond acceptors (Lipinski definition) is 6. The van der Waals surface area contributed by atoms with Crippen molar-refractivity contribution in [2.24, 2.45) is 35.5 Å². The van der Waals surface area contributed by atoms with Crippen molar-refractivity contribution in [2.45, 2.75) is 180 Å². The molecule has 72 heavy (non-hydrogen) atoms. The van der Waals surface area contributed by atoms with Crippen LogP contribution in [0, 0.1) is 63.2 Å². The molecule has 382 valence electrons. The van der Waals surface area contributed by atoms with Gasteiger partial charge in [0, 0.05) is 32.2 Å². The lowest BCUT2D eigenvalue weighted by molar-refractivity contribution is 0.0977. The molecule has 0 atom stereocenters. The van der Waals surface area contributed by atoms with Gasteiger partial charge in [0.2, 0.25) is 0 Å². The molecule has 0 radical (unpaired) electrons. The molecule has 5 aromatic rings. The average Bonchev–Trinajstić information content (AvgIpc) is 3.39. The van der Waals surface area contributed by atoms with Crippen molar-refractivity contribution in [1.29, 1.82) is 0 Å². The Morgan fingerprint density at radius 3 is 1.47 bits per heavy atom. The van der Waals surface area contributed by atoms with Crippen LogP contribution in [0.4, 0.5) is 11.4 Å². The van der Waals surface area contributed by atoms with E-state index in [1.54, 1.807) is 12.1 Å². The van der Waals surface area contributed by atoms with Crippen LogP contribution in [0.25, 0.3) is 11.1 Å². The van der Waals surface area contributed by atoms with Gasteiger partial charge < -0.3 is 14.8 Å². The molecule has 5 nitrogen and oxygen atoms in total. The Balaban J connectivity index is 0.833. The van der Waals surface area contributed by atoms with E-state index in [-0.39, 0.29) is 11.6 Å². The second-order valence-electron chi connectivity index (χ2n) is 22.8. The van der Waals surface area contributed by atoms with Crippen molar-refractivity contribution < 1.29 is 19.1 Å². The predicted molar refractivity (Wildman–Crippen MR) is 300 cm³/mol. The highest BCUT2D eigenvalue weighted by Crippen LogP contribution is 2.45. The van der Waals surface area contributed by atoms with Crippen LogP contribution in [-0.2, 0) is 0 Å². The smallest absolute Gasteiger partial charge is 0.196 e. The molecular formula is C66H83NO4S. The molecule has 6 heteroatoms. The maximum absolute atomic E-state index is 14.5. The molecule has 0 saturated heterocycles. The van der Waals surface area contributed by atoms with Crippen LogP contribution in [0.2, 0.25) is 0 Å². The first-order valence-electron chi connectivity index (χ1n) is 28.5. The standard InChI is InChI=1S/C66H83NO4S/c1-7-9-11-15-47-19-21-49(22-20-47)41-71-66-45(5)39-55(40-46(66)6)67-59-35-36-60(62-61(59)63(68)57-17-13-14-18-58(57)64(62)69)72-56-33-31-53(32-34-56)54-37-43(3)65(44(4)38-54)70-42-50-25-29-52(30-26-50)51-27-23-48(24-28-51)16-12-10-8-2/h13-14,17-18,31-40,47-52,67H,7-12,15-16,19-30,41-42H2,1-6H3. The van der Waals surface area contributed by atoms with E-state index in [1.165, 1.54) is 157 Å². The molecule has 1 N–H and O–H groups in total. The van der Waals surface area contributed by atoms with E-state index in [9.17, 15) is 9.59 Å². The summed E-state index contributed by atoms with van der Waals surface area (Å²) in [7, 11) is 0. The van der Waals surface area contributed by atoms with Crippen LogP contribution < -0.4 is 14.8 Å². The number of anilines is 2. The molecule has 0 aromatic heterocycles. The summed E-state index contributed by atoms with van der Waals surface area (Å²) in [5.41, 5.74) is 10.0. The van der Waals surface area contributed by atoms with Gasteiger partial charge in [-0.05, 0) is 196 Å². The summed E-state index contributed by atoms with van der Waals surface area (Å²) < 4.78 is 13.2. The maximum atomic E-state index is 14.5. The fourth-order valence-corrected chi connectivity index (χ4v) is 14.2. The molecule has 0 amide bonds. The zero-order valence-electron chi connectivity index (χ0n) is 44.6. The van der Waals surface area contributed by atoms with Crippen LogP contribution in [0.5, 0.6) is 11.5 Å². The van der Waals surface area contributed by atoms with E-state index in [1.807, 2.05) is 24.3 Å². The Hall–Kier alpha value is -4.81. The average molecular weight is 986 g/mol. The monoisotopic (exact) mass is 986 g/mol. The van der Waals surface area contributed by atoms with Gasteiger partial charge in [-0.15, -0.1) is 0 Å². The third-order valence-corrected chi connectivity index (χ3v) is 18.5. The van der Waals surface area contributed by atoms with E-state index in [0.29, 0.717) is 39.8 Å². The zero-order chi connectivity index (χ0) is 50.1. The number of ketones is 2. The first-order chi connectivity index (χ1) is 35.1. The van der Waals surface area contributed by atoms with Crippen molar-refractivity contribution in [2.75, 3.05) is 18.5 Å². The van der Waals surface area contributed by atoms with Crippen molar-refractivity contribution >= 4 is 34.7 Å². The quantitative estimate of drug-likeness (QED) is 0.0769. The van der Waals surface area contributed by atoms with Crippen molar-refractivity contribution in [3.05, 3.63) is 129 Å². The van der Waals surface area contributed by atoms with E-state index in [2.05, 4.69) is 95.4 Å². The molecule has 0 aliphatic heterocycles. The Morgan fingerprint density at radius 1 is 0.500 bits per heavy atom. The van der Waals surface area contributed by atoms with Gasteiger partial charge in [0.1, 0.15) is 11.5 Å². The molecule has 4 aliphatic rings. The van der Waals surface area contributed by atoms with Crippen molar-refractivity contribution in [1.82, 2.24) is 0 Å². The van der Waals surface area contributed by atoms with E-state index < -0.39 is 0 Å². The largest absolute Gasteiger partial charge is 0.493 e. The van der Waals surface area contributed by atoms with Crippen LogP contribution in [-0.4, -0.2) is 24.8 Å². The van der Waals surface area contributed by atoms with Gasteiger partial charge in [0.05, 0.1) is 24.5 Å². The van der Waals surface area contributed by atoms with Crippen molar-refractivity contribution in [3.63, 3.8) is 0 Å². The fraction of sp³-hybridized carbons (Fsp3) is 0.515. The Labute approximate surface area is 437 Å². The summed E-state index contributed by atoms with van der Waals surface area (Å²) in [6.45, 7) is 14.7. The van der Waals surface area contributed by atoms with Gasteiger partial charge >= 0.3 is 0 Å². The number of nitrogens with one attached hydrogen (secondary N) is 1. The number of rotatable bonds is 20. The Bertz CT molecular complexity index is 2600. The number of benzene rings is 5. The van der Waals surface area contributed by atoms with E-state index in [4.69, 9.17) is 9.47 Å². The molecule has 4 aliphatic carbocycles. The molecule has 5 aromatic carbocycles. The number of aryl methyl sites for hydroxylation is 4. The summed E-state index contributed by atoms with van der Waals surface area (Å²) in [5, 5.41) is 3.58. The second kappa shape index (κ2) is 24.5. The number of fused-ring (bicyclic) bond motifs is 2. The van der Waals surface area contributed by atoms with Crippen LogP contribution in [0.3, 0.4) is 0 Å². The maximum Gasteiger partial charge on any atom is 0.196 e.